The van der Waals surface area contributed by atoms with Crippen LogP contribution >= 0.6 is 0 Å². The third kappa shape index (κ3) is 5.06. The number of hydrogen-bond acceptors (Lipinski definition) is 0. The summed E-state index contributed by atoms with van der Waals surface area (Å²) < 4.78 is 7.36. The monoisotopic (exact) mass is 873 g/mol. The van der Waals surface area contributed by atoms with E-state index < -0.39 is 0 Å². The van der Waals surface area contributed by atoms with Crippen LogP contribution in [0.1, 0.15) is 0 Å². The Morgan fingerprint density at radius 3 is 1.09 bits per heavy atom. The van der Waals surface area contributed by atoms with Gasteiger partial charge in [-0.15, -0.1) is 0 Å². The first kappa shape index (κ1) is 37.0. The summed E-state index contributed by atoms with van der Waals surface area (Å²) in [6, 6.07) is 88.0. The van der Waals surface area contributed by atoms with Gasteiger partial charge in [-0.05, 0) is 121 Å². The van der Waals surface area contributed by atoms with E-state index in [0.717, 1.165) is 5.69 Å². The van der Waals surface area contributed by atoms with Crippen LogP contribution in [0.25, 0.3) is 148 Å². The molecule has 0 unspecified atom stereocenters. The van der Waals surface area contributed by atoms with Gasteiger partial charge in [-0.2, -0.15) is 0 Å². The zero-order valence-corrected chi connectivity index (χ0v) is 37.4. The molecule has 12 aromatic carbocycles. The molecule has 0 aliphatic rings. The molecule has 0 aliphatic carbocycles. The zero-order chi connectivity index (χ0) is 44.9. The third-order valence-corrected chi connectivity index (χ3v) is 15.3. The fourth-order valence-corrected chi connectivity index (χ4v) is 12.3. The molecule has 3 nitrogen and oxygen atoms in total. The molecular weight excluding hydrogens is 835 g/mol. The molecule has 16 aromatic rings. The predicted molar refractivity (Wildman–Crippen MR) is 293 cm³/mol. The Balaban J connectivity index is 0.786. The van der Waals surface area contributed by atoms with Crippen LogP contribution in [0.2, 0.25) is 0 Å². The molecule has 0 radical (unpaired) electrons. The maximum Gasteiger partial charge on any atom is 0.0620 e. The van der Waals surface area contributed by atoms with Gasteiger partial charge in [0.15, 0.2) is 0 Å². The first-order chi connectivity index (χ1) is 34.2. The maximum atomic E-state index is 2.47. The van der Waals surface area contributed by atoms with Gasteiger partial charge in [-0.1, -0.05) is 170 Å². The van der Waals surface area contributed by atoms with Crippen molar-refractivity contribution in [3.8, 4) is 33.6 Å². The van der Waals surface area contributed by atoms with Crippen molar-refractivity contribution in [2.75, 3.05) is 0 Å². The number of hydrogen-bond donors (Lipinski definition) is 0. The van der Waals surface area contributed by atoms with Crippen molar-refractivity contribution in [2.45, 2.75) is 0 Å². The highest BCUT2D eigenvalue weighted by Crippen LogP contribution is 2.43. The molecule has 0 aliphatic heterocycles. The van der Waals surface area contributed by atoms with Gasteiger partial charge in [0, 0.05) is 54.5 Å². The van der Waals surface area contributed by atoms with Crippen LogP contribution in [0.5, 0.6) is 0 Å². The molecule has 69 heavy (non-hydrogen) atoms. The summed E-state index contributed by atoms with van der Waals surface area (Å²) in [4.78, 5) is 0. The molecule has 0 fully saturated rings. The molecule has 0 N–H and O–H groups in total. The number of aromatic nitrogens is 3. The lowest BCUT2D eigenvalue weighted by Crippen LogP contribution is -1.94. The average molecular weight is 874 g/mol. The molecule has 3 heteroatoms. The van der Waals surface area contributed by atoms with E-state index in [9.17, 15) is 0 Å². The zero-order valence-electron chi connectivity index (χ0n) is 37.4. The highest BCUT2D eigenvalue weighted by Gasteiger charge is 2.20. The van der Waals surface area contributed by atoms with Gasteiger partial charge in [-0.3, -0.25) is 0 Å². The summed E-state index contributed by atoms with van der Waals surface area (Å²) in [5.41, 5.74) is 15.7. The van der Waals surface area contributed by atoms with Crippen LogP contribution in [0.15, 0.2) is 237 Å². The van der Waals surface area contributed by atoms with Crippen LogP contribution in [0.3, 0.4) is 0 Å². The molecule has 0 atom stereocenters. The number of nitrogens with zero attached hydrogens (tertiary/aromatic N) is 3. The molecule has 0 bridgehead atoms. The summed E-state index contributed by atoms with van der Waals surface area (Å²) in [7, 11) is 0. The Morgan fingerprint density at radius 1 is 0.188 bits per heavy atom. The average Bonchev–Trinajstić information content (AvgIpc) is 4.15. The summed E-state index contributed by atoms with van der Waals surface area (Å²) in [6.45, 7) is 0. The molecule has 4 aromatic heterocycles. The normalized spacial score (nSPS) is 12.3. The number of fused-ring (bicyclic) bond motifs is 18. The van der Waals surface area contributed by atoms with Crippen molar-refractivity contribution >= 4 is 114 Å². The van der Waals surface area contributed by atoms with Gasteiger partial charge in [0.25, 0.3) is 0 Å². The van der Waals surface area contributed by atoms with Crippen molar-refractivity contribution < 1.29 is 0 Å². The summed E-state index contributed by atoms with van der Waals surface area (Å²) in [5.74, 6) is 0. The van der Waals surface area contributed by atoms with E-state index in [1.165, 1.54) is 142 Å². The Morgan fingerprint density at radius 2 is 0.551 bits per heavy atom. The van der Waals surface area contributed by atoms with Crippen molar-refractivity contribution in [3.05, 3.63) is 237 Å². The van der Waals surface area contributed by atoms with Crippen molar-refractivity contribution in [2.24, 2.45) is 0 Å². The third-order valence-electron chi connectivity index (χ3n) is 15.3. The molecule has 318 valence electrons. The number of benzene rings is 12. The van der Waals surface area contributed by atoms with Crippen molar-refractivity contribution in [1.82, 2.24) is 13.5 Å². The van der Waals surface area contributed by atoms with Crippen molar-refractivity contribution in [1.29, 1.82) is 0 Å². The smallest absolute Gasteiger partial charge is 0.0620 e. The Kier molecular flexibility index (Phi) is 7.34. The maximum absolute atomic E-state index is 2.47. The minimum absolute atomic E-state index is 1.16. The summed E-state index contributed by atoms with van der Waals surface area (Å²) in [6.07, 6.45) is 0. The van der Waals surface area contributed by atoms with Crippen LogP contribution in [0, 0.1) is 0 Å². The van der Waals surface area contributed by atoms with Crippen LogP contribution in [-0.2, 0) is 0 Å². The minimum atomic E-state index is 1.16. The van der Waals surface area contributed by atoms with Gasteiger partial charge < -0.3 is 13.5 Å². The summed E-state index contributed by atoms with van der Waals surface area (Å²) >= 11 is 0. The fourth-order valence-electron chi connectivity index (χ4n) is 12.3. The van der Waals surface area contributed by atoms with Crippen LogP contribution in [-0.4, -0.2) is 13.5 Å². The van der Waals surface area contributed by atoms with E-state index in [1.54, 1.807) is 0 Å². The Labute approximate surface area is 395 Å². The Bertz CT molecular complexity index is 4790. The molecule has 0 spiro atoms. The van der Waals surface area contributed by atoms with E-state index >= 15 is 0 Å². The van der Waals surface area contributed by atoms with Crippen LogP contribution < -0.4 is 0 Å². The summed E-state index contributed by atoms with van der Waals surface area (Å²) in [5, 5.41) is 17.9. The molecule has 16 rings (SSSR count). The van der Waals surface area contributed by atoms with E-state index in [4.69, 9.17) is 0 Å². The van der Waals surface area contributed by atoms with Gasteiger partial charge >= 0.3 is 0 Å². The molecule has 0 amide bonds. The lowest BCUT2D eigenvalue weighted by molar-refractivity contribution is 1.18. The van der Waals surface area contributed by atoms with E-state index in [1.807, 2.05) is 0 Å². The molecule has 0 saturated heterocycles. The van der Waals surface area contributed by atoms with E-state index in [2.05, 4.69) is 250 Å². The molecule has 4 heterocycles. The highest BCUT2D eigenvalue weighted by molar-refractivity contribution is 6.26. The minimum Gasteiger partial charge on any atom is -0.309 e. The second-order valence-corrected chi connectivity index (χ2v) is 18.8. The SMILES string of the molecule is c1ccc2c(c1)c1ccccc1c1cc(-n3c4ccccc4c4cc(-c5ccc(-c6ccc7c(c6)c6ccccc6n7-c6ccc7c8cccc9c%10ccccc%10n(c7c6)c98)cc5)ccc43)ccc21. The lowest BCUT2D eigenvalue weighted by Gasteiger charge is -2.14. The highest BCUT2D eigenvalue weighted by atomic mass is 15.0. The van der Waals surface area contributed by atoms with E-state index in [0.29, 0.717) is 0 Å². The Hall–Kier alpha value is -9.18. The second-order valence-electron chi connectivity index (χ2n) is 18.8. The van der Waals surface area contributed by atoms with Gasteiger partial charge in [0.2, 0.25) is 0 Å². The van der Waals surface area contributed by atoms with Crippen molar-refractivity contribution in [3.63, 3.8) is 0 Å². The number of rotatable bonds is 4. The molecular formula is C66H39N3. The van der Waals surface area contributed by atoms with Crippen LogP contribution in [0.4, 0.5) is 0 Å². The topological polar surface area (TPSA) is 14.3 Å². The first-order valence-corrected chi connectivity index (χ1v) is 23.9. The quantitative estimate of drug-likeness (QED) is 0.156. The lowest BCUT2D eigenvalue weighted by atomic mass is 9.94. The fraction of sp³-hybridized carbons (Fsp3) is 0. The van der Waals surface area contributed by atoms with Gasteiger partial charge in [0.05, 0.1) is 38.6 Å². The predicted octanol–water partition coefficient (Wildman–Crippen LogP) is 17.8. The second kappa shape index (κ2) is 13.7. The largest absolute Gasteiger partial charge is 0.309 e. The van der Waals surface area contributed by atoms with E-state index in [-0.39, 0.29) is 0 Å². The van der Waals surface area contributed by atoms with Gasteiger partial charge in [0.1, 0.15) is 0 Å². The standard InChI is InChI=1S/C66H39N3/c1-2-14-48-46(12-1)47-13-3-4-15-49(47)57-38-44(30-32-50(48)57)67-60-21-8-6-17-52(60)58-36-42(28-34-63(58)67)40-24-26-41(27-25-40)43-29-35-64-59(37-43)53-18-7-9-22-61(53)68(64)45-31-33-54-56-20-11-19-55-51-16-5-10-23-62(51)69(66(55)56)65(54)39-45/h1-39H. The molecule has 0 saturated carbocycles. The van der Waals surface area contributed by atoms with Gasteiger partial charge in [-0.25, -0.2) is 0 Å². The first-order valence-electron chi connectivity index (χ1n) is 23.9. The number of para-hydroxylation sites is 4.